The Kier molecular flexibility index (Phi) is 7.54. The molecular weight excluding hydrogens is 396 g/mol. The highest BCUT2D eigenvalue weighted by Gasteiger charge is 2.19. The number of nitrogens with zero attached hydrogens (tertiary/aromatic N) is 2. The van der Waals surface area contributed by atoms with Gasteiger partial charge in [0.2, 0.25) is 0 Å². The molecule has 7 heteroatoms. The van der Waals surface area contributed by atoms with Gasteiger partial charge in [-0.1, -0.05) is 38.0 Å². The van der Waals surface area contributed by atoms with Gasteiger partial charge in [0.1, 0.15) is 5.75 Å². The topological polar surface area (TPSA) is 87.5 Å². The average molecular weight is 422 g/mol. The third-order valence-electron chi connectivity index (χ3n) is 4.86. The number of ether oxygens (including phenoxy) is 2. The summed E-state index contributed by atoms with van der Waals surface area (Å²) in [4.78, 5) is 37.9. The Bertz CT molecular complexity index is 1120. The summed E-state index contributed by atoms with van der Waals surface area (Å²) in [7, 11) is 0. The van der Waals surface area contributed by atoms with Crippen LogP contribution in [0.3, 0.4) is 0 Å². The SMILES string of the molecule is CCCCCn1nc(C(=O)OCC(=O)c2ccc(OCC)cc2)c2ccccc2c1=O. The Morgan fingerprint density at radius 2 is 1.68 bits per heavy atom. The molecule has 3 rings (SSSR count). The van der Waals surface area contributed by atoms with Crippen molar-refractivity contribution in [2.75, 3.05) is 13.2 Å². The first-order valence-corrected chi connectivity index (χ1v) is 10.5. The number of ketones is 1. The molecule has 0 amide bonds. The van der Waals surface area contributed by atoms with Crippen molar-refractivity contribution in [3.63, 3.8) is 0 Å². The van der Waals surface area contributed by atoms with Crippen molar-refractivity contribution in [2.45, 2.75) is 39.7 Å². The standard InChI is InChI=1S/C24H26N2O5/c1-3-5-8-15-26-23(28)20-10-7-6-9-19(20)22(25-26)24(29)31-16-21(27)17-11-13-18(14-12-17)30-4-2/h6-7,9-14H,3-5,8,15-16H2,1-2H3. The minimum atomic E-state index is -0.736. The molecule has 7 nitrogen and oxygen atoms in total. The van der Waals surface area contributed by atoms with Gasteiger partial charge < -0.3 is 9.47 Å². The Labute approximate surface area is 180 Å². The summed E-state index contributed by atoms with van der Waals surface area (Å²) < 4.78 is 11.9. The molecule has 31 heavy (non-hydrogen) atoms. The fourth-order valence-corrected chi connectivity index (χ4v) is 3.24. The number of carbonyl (C=O) groups is 2. The van der Waals surface area contributed by atoms with Crippen LogP contribution in [0, 0.1) is 0 Å². The first-order chi connectivity index (χ1) is 15.0. The fraction of sp³-hybridized carbons (Fsp3) is 0.333. The molecule has 162 valence electrons. The van der Waals surface area contributed by atoms with Crippen molar-refractivity contribution in [3.05, 3.63) is 70.1 Å². The van der Waals surface area contributed by atoms with Gasteiger partial charge in [-0.2, -0.15) is 5.10 Å². The van der Waals surface area contributed by atoms with Crippen LogP contribution in [0.2, 0.25) is 0 Å². The minimum absolute atomic E-state index is 0.0335. The highest BCUT2D eigenvalue weighted by molar-refractivity contribution is 6.04. The van der Waals surface area contributed by atoms with E-state index in [-0.39, 0.29) is 17.0 Å². The minimum Gasteiger partial charge on any atom is -0.494 e. The first-order valence-electron chi connectivity index (χ1n) is 10.5. The molecule has 0 aliphatic rings. The maximum Gasteiger partial charge on any atom is 0.359 e. The number of aromatic nitrogens is 2. The predicted molar refractivity (Wildman–Crippen MR) is 118 cm³/mol. The number of rotatable bonds is 10. The molecule has 0 N–H and O–H groups in total. The quantitative estimate of drug-likeness (QED) is 0.279. The van der Waals surface area contributed by atoms with Crippen LogP contribution in [-0.4, -0.2) is 34.7 Å². The van der Waals surface area contributed by atoms with Crippen molar-refractivity contribution in [1.29, 1.82) is 0 Å². The number of hydrogen-bond acceptors (Lipinski definition) is 6. The second-order valence-corrected chi connectivity index (χ2v) is 7.09. The summed E-state index contributed by atoms with van der Waals surface area (Å²) in [6, 6.07) is 13.4. The number of fused-ring (bicyclic) bond motifs is 1. The Balaban J connectivity index is 1.78. The zero-order chi connectivity index (χ0) is 22.2. The van der Waals surface area contributed by atoms with E-state index in [0.29, 0.717) is 35.2 Å². The molecule has 0 radical (unpaired) electrons. The number of benzene rings is 2. The van der Waals surface area contributed by atoms with Crippen molar-refractivity contribution in [1.82, 2.24) is 9.78 Å². The lowest BCUT2D eigenvalue weighted by atomic mass is 10.1. The Hall–Kier alpha value is -3.48. The van der Waals surface area contributed by atoms with E-state index in [2.05, 4.69) is 12.0 Å². The van der Waals surface area contributed by atoms with Crippen LogP contribution in [0.25, 0.3) is 10.8 Å². The van der Waals surface area contributed by atoms with E-state index in [0.717, 1.165) is 19.3 Å². The van der Waals surface area contributed by atoms with Crippen molar-refractivity contribution in [3.8, 4) is 5.75 Å². The summed E-state index contributed by atoms with van der Waals surface area (Å²) >= 11 is 0. The summed E-state index contributed by atoms with van der Waals surface area (Å²) in [5, 5.41) is 5.07. The van der Waals surface area contributed by atoms with Gasteiger partial charge in [-0.05, 0) is 43.7 Å². The van der Waals surface area contributed by atoms with Gasteiger partial charge in [0, 0.05) is 17.5 Å². The molecule has 0 saturated heterocycles. The van der Waals surface area contributed by atoms with E-state index in [1.807, 2.05) is 6.92 Å². The zero-order valence-corrected chi connectivity index (χ0v) is 17.8. The van der Waals surface area contributed by atoms with Crippen LogP contribution in [0.15, 0.2) is 53.3 Å². The summed E-state index contributed by atoms with van der Waals surface area (Å²) in [5.41, 5.74) is 0.207. The molecular formula is C24H26N2O5. The second kappa shape index (κ2) is 10.5. The van der Waals surface area contributed by atoms with Gasteiger partial charge >= 0.3 is 5.97 Å². The van der Waals surface area contributed by atoms with Gasteiger partial charge in [-0.15, -0.1) is 0 Å². The molecule has 0 spiro atoms. The molecule has 0 unspecified atom stereocenters. The molecule has 0 fully saturated rings. The van der Waals surface area contributed by atoms with Crippen molar-refractivity contribution < 1.29 is 19.1 Å². The second-order valence-electron chi connectivity index (χ2n) is 7.09. The van der Waals surface area contributed by atoms with Crippen LogP contribution in [0.4, 0.5) is 0 Å². The van der Waals surface area contributed by atoms with Gasteiger partial charge in [-0.25, -0.2) is 9.48 Å². The molecule has 0 bridgehead atoms. The summed E-state index contributed by atoms with van der Waals surface area (Å²) in [6.07, 6.45) is 2.74. The monoisotopic (exact) mass is 422 g/mol. The smallest absolute Gasteiger partial charge is 0.359 e. The molecule has 1 aromatic heterocycles. The maximum absolute atomic E-state index is 12.8. The van der Waals surface area contributed by atoms with Gasteiger partial charge in [0.05, 0.1) is 12.0 Å². The fourth-order valence-electron chi connectivity index (χ4n) is 3.24. The lowest BCUT2D eigenvalue weighted by molar-refractivity contribution is 0.0468. The number of esters is 1. The molecule has 1 heterocycles. The molecule has 0 aliphatic heterocycles. The number of hydrogen-bond donors (Lipinski definition) is 0. The third kappa shape index (κ3) is 5.36. The zero-order valence-electron chi connectivity index (χ0n) is 17.8. The highest BCUT2D eigenvalue weighted by Crippen LogP contribution is 2.16. The van der Waals surface area contributed by atoms with Crippen molar-refractivity contribution >= 4 is 22.5 Å². The molecule has 0 aliphatic carbocycles. The Morgan fingerprint density at radius 3 is 2.35 bits per heavy atom. The van der Waals surface area contributed by atoms with Crippen LogP contribution in [-0.2, 0) is 11.3 Å². The van der Waals surface area contributed by atoms with E-state index >= 15 is 0 Å². The Morgan fingerprint density at radius 1 is 0.968 bits per heavy atom. The third-order valence-corrected chi connectivity index (χ3v) is 4.86. The van der Waals surface area contributed by atoms with Crippen LogP contribution in [0.1, 0.15) is 54.0 Å². The van der Waals surface area contributed by atoms with E-state index in [1.54, 1.807) is 48.5 Å². The molecule has 2 aromatic carbocycles. The van der Waals surface area contributed by atoms with Gasteiger partial charge in [0.25, 0.3) is 5.56 Å². The number of Topliss-reactive ketones (excluding diaryl/α,β-unsaturated/α-hetero) is 1. The van der Waals surface area contributed by atoms with E-state index in [9.17, 15) is 14.4 Å². The van der Waals surface area contributed by atoms with Gasteiger partial charge in [0.15, 0.2) is 18.1 Å². The van der Waals surface area contributed by atoms with Crippen LogP contribution >= 0.6 is 0 Å². The first kappa shape index (κ1) is 22.2. The molecule has 0 atom stereocenters. The number of carbonyl (C=O) groups excluding carboxylic acids is 2. The van der Waals surface area contributed by atoms with Crippen LogP contribution in [0.5, 0.6) is 5.75 Å². The normalized spacial score (nSPS) is 10.8. The van der Waals surface area contributed by atoms with E-state index in [1.165, 1.54) is 4.68 Å². The molecule has 0 saturated carbocycles. The lowest BCUT2D eigenvalue weighted by Gasteiger charge is -2.11. The van der Waals surface area contributed by atoms with Crippen LogP contribution < -0.4 is 10.3 Å². The maximum atomic E-state index is 12.8. The average Bonchev–Trinajstić information content (AvgIpc) is 2.79. The van der Waals surface area contributed by atoms with E-state index < -0.39 is 12.6 Å². The number of unbranched alkanes of at least 4 members (excludes halogenated alkanes) is 2. The summed E-state index contributed by atoms with van der Waals surface area (Å²) in [5.74, 6) is -0.409. The van der Waals surface area contributed by atoms with Crippen molar-refractivity contribution in [2.24, 2.45) is 0 Å². The highest BCUT2D eigenvalue weighted by atomic mass is 16.5. The predicted octanol–water partition coefficient (Wildman–Crippen LogP) is 4.03. The van der Waals surface area contributed by atoms with E-state index in [4.69, 9.17) is 9.47 Å². The molecule has 3 aromatic rings. The summed E-state index contributed by atoms with van der Waals surface area (Å²) in [6.45, 7) is 4.48. The lowest BCUT2D eigenvalue weighted by Crippen LogP contribution is -2.27. The number of aryl methyl sites for hydroxylation is 1. The van der Waals surface area contributed by atoms with Gasteiger partial charge in [-0.3, -0.25) is 9.59 Å². The largest absolute Gasteiger partial charge is 0.494 e.